The van der Waals surface area contributed by atoms with Gasteiger partial charge in [-0.05, 0) is 25.3 Å². The summed E-state index contributed by atoms with van der Waals surface area (Å²) < 4.78 is 0. The molecule has 0 saturated heterocycles. The van der Waals surface area contributed by atoms with E-state index in [4.69, 9.17) is 0 Å². The van der Waals surface area contributed by atoms with E-state index in [-0.39, 0.29) is 6.04 Å². The quantitative estimate of drug-likeness (QED) is 0.440. The molecule has 0 heterocycles. The number of nitrogens with one attached hydrogen (secondary N) is 1. The molecule has 1 saturated carbocycles. The molecular weight excluding hydrogens is 182 g/mol. The fourth-order valence-electron chi connectivity index (χ4n) is 1.69. The second-order valence-electron chi connectivity index (χ2n) is 4.23. The minimum Gasteiger partial charge on any atom is -0.388 e. The molecule has 0 aromatic rings. The number of rotatable bonds is 3. The van der Waals surface area contributed by atoms with E-state index in [0.29, 0.717) is 0 Å². The van der Waals surface area contributed by atoms with Gasteiger partial charge in [0.1, 0.15) is 18.3 Å². The van der Waals surface area contributed by atoms with Crippen LogP contribution < -0.4 is 5.32 Å². The smallest absolute Gasteiger partial charge is 0.111 e. The Labute approximate surface area is 83.3 Å². The Kier molecular flexibility index (Phi) is 2.88. The van der Waals surface area contributed by atoms with E-state index in [0.717, 1.165) is 12.5 Å². The van der Waals surface area contributed by atoms with Crippen molar-refractivity contribution in [3.8, 4) is 0 Å². The van der Waals surface area contributed by atoms with Crippen molar-refractivity contribution >= 4 is 0 Å². The summed E-state index contributed by atoms with van der Waals surface area (Å²) in [4.78, 5) is 0. The summed E-state index contributed by atoms with van der Waals surface area (Å²) in [7, 11) is 0. The molecule has 4 atom stereocenters. The largest absolute Gasteiger partial charge is 0.388 e. The molecule has 0 bridgehead atoms. The first kappa shape index (κ1) is 10.1. The van der Waals surface area contributed by atoms with Gasteiger partial charge in [0, 0.05) is 0 Å². The zero-order valence-corrected chi connectivity index (χ0v) is 8.00. The number of aliphatic hydroxyl groups is 3. The average Bonchev–Trinajstić information content (AvgIpc) is 2.97. The fourth-order valence-corrected chi connectivity index (χ4v) is 1.69. The summed E-state index contributed by atoms with van der Waals surface area (Å²) in [6, 6.07) is -0.228. The van der Waals surface area contributed by atoms with Crippen LogP contribution in [0.15, 0.2) is 12.2 Å². The maximum absolute atomic E-state index is 9.62. The maximum Gasteiger partial charge on any atom is 0.111 e. The van der Waals surface area contributed by atoms with Gasteiger partial charge in [-0.2, -0.15) is 0 Å². The van der Waals surface area contributed by atoms with Gasteiger partial charge in [0.05, 0.1) is 6.04 Å². The average molecular weight is 199 g/mol. The normalized spacial score (nSPS) is 42.8. The van der Waals surface area contributed by atoms with Crippen molar-refractivity contribution in [1.29, 1.82) is 0 Å². The Balaban J connectivity index is 1.87. The maximum atomic E-state index is 9.62. The molecule has 0 spiro atoms. The van der Waals surface area contributed by atoms with Crippen LogP contribution >= 0.6 is 0 Å². The highest BCUT2D eigenvalue weighted by molar-refractivity contribution is 5.10. The molecule has 0 amide bonds. The van der Waals surface area contributed by atoms with E-state index in [1.54, 1.807) is 6.08 Å². The molecule has 0 aromatic heterocycles. The van der Waals surface area contributed by atoms with Gasteiger partial charge in [-0.15, -0.1) is 0 Å². The molecule has 2 rings (SSSR count). The molecule has 4 N–H and O–H groups in total. The molecule has 4 heteroatoms. The van der Waals surface area contributed by atoms with Crippen molar-refractivity contribution in [2.24, 2.45) is 5.92 Å². The molecule has 80 valence electrons. The van der Waals surface area contributed by atoms with Crippen molar-refractivity contribution in [2.45, 2.75) is 37.2 Å². The van der Waals surface area contributed by atoms with Gasteiger partial charge < -0.3 is 20.6 Å². The van der Waals surface area contributed by atoms with Gasteiger partial charge in [0.2, 0.25) is 0 Å². The number of hydrogen-bond acceptors (Lipinski definition) is 4. The standard InChI is InChI=1S/C10H17NO3/c12-8-4-3-7(9(13)10(8)14)11-5-6-1-2-6/h3-4,6-14H,1-2,5H2/t7-,8+,9+,10+/m0/s1. The van der Waals surface area contributed by atoms with Gasteiger partial charge >= 0.3 is 0 Å². The van der Waals surface area contributed by atoms with Crippen LogP contribution in [0.4, 0.5) is 0 Å². The van der Waals surface area contributed by atoms with Crippen molar-refractivity contribution in [2.75, 3.05) is 6.54 Å². The summed E-state index contributed by atoms with van der Waals surface area (Å²) in [5.41, 5.74) is 0. The fraction of sp³-hybridized carbons (Fsp3) is 0.800. The third-order valence-electron chi connectivity index (χ3n) is 2.92. The summed E-state index contributed by atoms with van der Waals surface area (Å²) in [5.74, 6) is 0.736. The zero-order valence-electron chi connectivity index (χ0n) is 8.00. The summed E-state index contributed by atoms with van der Waals surface area (Å²) >= 11 is 0. The molecule has 1 fully saturated rings. The number of hydrogen-bond donors (Lipinski definition) is 4. The van der Waals surface area contributed by atoms with Gasteiger partial charge in [-0.3, -0.25) is 0 Å². The summed E-state index contributed by atoms with van der Waals surface area (Å²) in [5, 5.41) is 31.4. The van der Waals surface area contributed by atoms with Gasteiger partial charge in [-0.25, -0.2) is 0 Å². The third kappa shape index (κ3) is 2.15. The first-order chi connectivity index (χ1) is 6.68. The Morgan fingerprint density at radius 3 is 2.43 bits per heavy atom. The highest BCUT2D eigenvalue weighted by Crippen LogP contribution is 2.28. The van der Waals surface area contributed by atoms with Crippen LogP contribution in [0.25, 0.3) is 0 Å². The minimum absolute atomic E-state index is 0.228. The van der Waals surface area contributed by atoms with Crippen LogP contribution in [0.5, 0.6) is 0 Å². The van der Waals surface area contributed by atoms with Crippen LogP contribution in [0.1, 0.15) is 12.8 Å². The second kappa shape index (κ2) is 3.98. The summed E-state index contributed by atoms with van der Waals surface area (Å²) in [6.07, 6.45) is 2.84. The molecule has 0 unspecified atom stereocenters. The van der Waals surface area contributed by atoms with Crippen LogP contribution in [-0.2, 0) is 0 Å². The van der Waals surface area contributed by atoms with Gasteiger partial charge in [-0.1, -0.05) is 12.2 Å². The van der Waals surface area contributed by atoms with E-state index in [1.165, 1.54) is 18.9 Å². The Morgan fingerprint density at radius 1 is 1.07 bits per heavy atom. The molecule has 2 aliphatic carbocycles. The lowest BCUT2D eigenvalue weighted by Crippen LogP contribution is -2.52. The number of aliphatic hydroxyl groups excluding tert-OH is 3. The Bertz CT molecular complexity index is 227. The van der Waals surface area contributed by atoms with Crippen LogP contribution in [0.3, 0.4) is 0 Å². The molecule has 0 radical (unpaired) electrons. The predicted molar refractivity (Wildman–Crippen MR) is 51.7 cm³/mol. The van der Waals surface area contributed by atoms with Gasteiger partial charge in [0.25, 0.3) is 0 Å². The van der Waals surface area contributed by atoms with Crippen LogP contribution in [-0.4, -0.2) is 46.2 Å². The molecule has 4 nitrogen and oxygen atoms in total. The van der Waals surface area contributed by atoms with Crippen LogP contribution in [0, 0.1) is 5.92 Å². The first-order valence-electron chi connectivity index (χ1n) is 5.14. The SMILES string of the molecule is O[C@H]1[C@H](O)[C@@H](NCC2CC2)C=C[C@H]1O. The summed E-state index contributed by atoms with van der Waals surface area (Å²) in [6.45, 7) is 0.884. The van der Waals surface area contributed by atoms with Crippen molar-refractivity contribution in [3.63, 3.8) is 0 Å². The highest BCUT2D eigenvalue weighted by Gasteiger charge is 2.33. The van der Waals surface area contributed by atoms with Crippen molar-refractivity contribution in [1.82, 2.24) is 5.32 Å². The van der Waals surface area contributed by atoms with Crippen molar-refractivity contribution < 1.29 is 15.3 Å². The van der Waals surface area contributed by atoms with Crippen LogP contribution in [0.2, 0.25) is 0 Å². The third-order valence-corrected chi connectivity index (χ3v) is 2.92. The second-order valence-corrected chi connectivity index (χ2v) is 4.23. The van der Waals surface area contributed by atoms with E-state index in [9.17, 15) is 15.3 Å². The minimum atomic E-state index is -1.07. The molecule has 2 aliphatic rings. The zero-order chi connectivity index (χ0) is 10.1. The van der Waals surface area contributed by atoms with E-state index in [2.05, 4.69) is 5.32 Å². The van der Waals surface area contributed by atoms with E-state index >= 15 is 0 Å². The molecule has 0 aliphatic heterocycles. The topological polar surface area (TPSA) is 72.7 Å². The molecule has 0 aromatic carbocycles. The Hall–Kier alpha value is -0.420. The first-order valence-corrected chi connectivity index (χ1v) is 5.14. The molecular formula is C10H17NO3. The van der Waals surface area contributed by atoms with E-state index in [1.807, 2.05) is 0 Å². The highest BCUT2D eigenvalue weighted by atomic mass is 16.4. The predicted octanol–water partition coefficient (Wildman–Crippen LogP) is -0.993. The monoisotopic (exact) mass is 199 g/mol. The van der Waals surface area contributed by atoms with Crippen molar-refractivity contribution in [3.05, 3.63) is 12.2 Å². The lowest BCUT2D eigenvalue weighted by atomic mass is 9.94. The lowest BCUT2D eigenvalue weighted by molar-refractivity contribution is -0.0565. The molecule has 14 heavy (non-hydrogen) atoms. The van der Waals surface area contributed by atoms with E-state index < -0.39 is 18.3 Å². The van der Waals surface area contributed by atoms with Gasteiger partial charge in [0.15, 0.2) is 0 Å². The Morgan fingerprint density at radius 2 is 1.79 bits per heavy atom. The lowest BCUT2D eigenvalue weighted by Gasteiger charge is -2.31.